The highest BCUT2D eigenvalue weighted by Crippen LogP contribution is 2.43. The Morgan fingerprint density at radius 1 is 0.567 bits per heavy atom. The van der Waals surface area contributed by atoms with Crippen LogP contribution in [0, 0.1) is 13.8 Å². The van der Waals surface area contributed by atoms with Crippen LogP contribution in [0.25, 0.3) is 11.1 Å². The van der Waals surface area contributed by atoms with Crippen LogP contribution in [-0.2, 0) is 5.41 Å². The molecule has 30 heavy (non-hydrogen) atoms. The van der Waals surface area contributed by atoms with Crippen LogP contribution in [0.15, 0.2) is 91.0 Å². The van der Waals surface area contributed by atoms with Crippen molar-refractivity contribution in [3.63, 3.8) is 0 Å². The summed E-state index contributed by atoms with van der Waals surface area (Å²) in [7, 11) is 0. The van der Waals surface area contributed by atoms with Crippen molar-refractivity contribution in [1.82, 2.24) is 0 Å². The fourth-order valence-electron chi connectivity index (χ4n) is 4.58. The summed E-state index contributed by atoms with van der Waals surface area (Å²) in [6, 6.07) is 31.8. The van der Waals surface area contributed by atoms with Gasteiger partial charge in [-0.15, -0.1) is 0 Å². The van der Waals surface area contributed by atoms with E-state index in [0.717, 1.165) is 11.4 Å². The van der Waals surface area contributed by atoms with E-state index in [1.54, 1.807) is 0 Å². The summed E-state index contributed by atoms with van der Waals surface area (Å²) in [5, 5.41) is 0. The first kappa shape index (κ1) is 19.8. The van der Waals surface area contributed by atoms with Gasteiger partial charge in [0.2, 0.25) is 0 Å². The predicted octanol–water partition coefficient (Wildman–Crippen LogP) is 6.49. The van der Waals surface area contributed by atoms with Gasteiger partial charge in [-0.05, 0) is 84.0 Å². The average molecular weight is 393 g/mol. The molecule has 0 atom stereocenters. The topological polar surface area (TPSA) is 52.0 Å². The molecule has 0 saturated carbocycles. The van der Waals surface area contributed by atoms with Crippen LogP contribution in [-0.4, -0.2) is 0 Å². The summed E-state index contributed by atoms with van der Waals surface area (Å²) in [6.07, 6.45) is 0. The third-order valence-electron chi connectivity index (χ3n) is 6.15. The molecule has 0 aliphatic rings. The van der Waals surface area contributed by atoms with Crippen molar-refractivity contribution in [3.05, 3.63) is 119 Å². The summed E-state index contributed by atoms with van der Waals surface area (Å²) in [4.78, 5) is 0. The first-order valence-corrected chi connectivity index (χ1v) is 10.3. The van der Waals surface area contributed by atoms with Gasteiger partial charge >= 0.3 is 0 Å². The number of aryl methyl sites for hydroxylation is 2. The monoisotopic (exact) mass is 392 g/mol. The van der Waals surface area contributed by atoms with E-state index in [-0.39, 0.29) is 5.41 Å². The Bertz CT molecular complexity index is 1120. The van der Waals surface area contributed by atoms with Gasteiger partial charge in [0, 0.05) is 16.8 Å². The molecule has 0 fully saturated rings. The fraction of sp³-hybridized carbons (Fsp3) is 0.143. The summed E-state index contributed by atoms with van der Waals surface area (Å²) in [6.45, 7) is 6.56. The van der Waals surface area contributed by atoms with Crippen LogP contribution in [0.5, 0.6) is 0 Å². The van der Waals surface area contributed by atoms with Crippen molar-refractivity contribution in [2.75, 3.05) is 11.5 Å². The maximum atomic E-state index is 6.07. The first-order valence-electron chi connectivity index (χ1n) is 10.3. The standard InChI is InChI=1S/C28H28N2/c1-19-17-24(29)13-15-26(19)28(3,27-16-14-25(30)18-20(27)2)23-11-9-22(10-12-23)21-7-5-4-6-8-21/h4-18H,29-30H2,1-3H3. The van der Waals surface area contributed by atoms with Crippen molar-refractivity contribution < 1.29 is 0 Å². The minimum atomic E-state index is -0.329. The maximum absolute atomic E-state index is 6.07. The lowest BCUT2D eigenvalue weighted by atomic mass is 9.68. The van der Waals surface area contributed by atoms with Crippen molar-refractivity contribution in [2.45, 2.75) is 26.2 Å². The summed E-state index contributed by atoms with van der Waals surface area (Å²) >= 11 is 0. The number of nitrogens with two attached hydrogens (primary N) is 2. The van der Waals surface area contributed by atoms with Crippen molar-refractivity contribution >= 4 is 11.4 Å². The highest BCUT2D eigenvalue weighted by Gasteiger charge is 2.33. The minimum Gasteiger partial charge on any atom is -0.399 e. The molecular formula is C28H28N2. The molecule has 0 amide bonds. The minimum absolute atomic E-state index is 0.329. The van der Waals surface area contributed by atoms with Crippen LogP contribution in [0.2, 0.25) is 0 Å². The maximum Gasteiger partial charge on any atom is 0.0428 e. The zero-order chi connectivity index (χ0) is 21.3. The molecule has 0 radical (unpaired) electrons. The van der Waals surface area contributed by atoms with Crippen molar-refractivity contribution in [1.29, 1.82) is 0 Å². The van der Waals surface area contributed by atoms with Crippen LogP contribution >= 0.6 is 0 Å². The van der Waals surface area contributed by atoms with Gasteiger partial charge in [0.1, 0.15) is 0 Å². The van der Waals surface area contributed by atoms with Crippen LogP contribution < -0.4 is 11.5 Å². The molecule has 0 aromatic heterocycles. The Kier molecular flexibility index (Phi) is 5.09. The van der Waals surface area contributed by atoms with Gasteiger partial charge in [-0.2, -0.15) is 0 Å². The zero-order valence-corrected chi connectivity index (χ0v) is 17.8. The third kappa shape index (κ3) is 3.46. The molecule has 0 bridgehead atoms. The lowest BCUT2D eigenvalue weighted by molar-refractivity contribution is 0.682. The molecule has 150 valence electrons. The number of hydrogen-bond donors (Lipinski definition) is 2. The number of benzene rings is 4. The molecule has 0 aliphatic heterocycles. The Morgan fingerprint density at radius 2 is 1.03 bits per heavy atom. The Labute approximate surface area is 179 Å². The van der Waals surface area contributed by atoms with Crippen LogP contribution in [0.1, 0.15) is 34.7 Å². The second-order valence-corrected chi connectivity index (χ2v) is 8.22. The predicted molar refractivity (Wildman–Crippen MR) is 129 cm³/mol. The number of hydrogen-bond acceptors (Lipinski definition) is 2. The first-order chi connectivity index (χ1) is 14.4. The molecule has 0 heterocycles. The largest absolute Gasteiger partial charge is 0.399 e. The highest BCUT2D eigenvalue weighted by atomic mass is 14.6. The number of nitrogen functional groups attached to an aromatic ring is 2. The second kappa shape index (κ2) is 7.72. The van der Waals surface area contributed by atoms with E-state index in [1.807, 2.05) is 18.2 Å². The molecule has 4 aromatic rings. The Hall–Kier alpha value is -3.52. The zero-order valence-electron chi connectivity index (χ0n) is 17.8. The summed E-state index contributed by atoms with van der Waals surface area (Å²) < 4.78 is 0. The average Bonchev–Trinajstić information content (AvgIpc) is 2.74. The molecule has 0 aliphatic carbocycles. The van der Waals surface area contributed by atoms with E-state index >= 15 is 0 Å². The Balaban J connectivity index is 1.91. The van der Waals surface area contributed by atoms with E-state index in [2.05, 4.69) is 93.6 Å². The molecule has 4 rings (SSSR count). The molecule has 4 aromatic carbocycles. The van der Waals surface area contributed by atoms with E-state index in [1.165, 1.54) is 38.9 Å². The normalized spacial score (nSPS) is 11.4. The van der Waals surface area contributed by atoms with E-state index in [0.29, 0.717) is 0 Å². The molecular weight excluding hydrogens is 364 g/mol. The summed E-state index contributed by atoms with van der Waals surface area (Å²) in [5.41, 5.74) is 21.9. The summed E-state index contributed by atoms with van der Waals surface area (Å²) in [5.74, 6) is 0. The molecule has 4 N–H and O–H groups in total. The molecule has 2 heteroatoms. The van der Waals surface area contributed by atoms with Crippen molar-refractivity contribution in [3.8, 4) is 11.1 Å². The quantitative estimate of drug-likeness (QED) is 0.308. The van der Waals surface area contributed by atoms with Gasteiger partial charge in [0.25, 0.3) is 0 Å². The van der Waals surface area contributed by atoms with Gasteiger partial charge in [0.05, 0.1) is 0 Å². The van der Waals surface area contributed by atoms with Crippen LogP contribution in [0.3, 0.4) is 0 Å². The van der Waals surface area contributed by atoms with Gasteiger partial charge in [-0.3, -0.25) is 0 Å². The molecule has 0 spiro atoms. The third-order valence-corrected chi connectivity index (χ3v) is 6.15. The second-order valence-electron chi connectivity index (χ2n) is 8.22. The molecule has 0 saturated heterocycles. The smallest absolute Gasteiger partial charge is 0.0428 e. The SMILES string of the molecule is Cc1cc(N)ccc1C(C)(c1ccc(-c2ccccc2)cc1)c1ccc(N)cc1C. The van der Waals surface area contributed by atoms with E-state index < -0.39 is 0 Å². The lowest BCUT2D eigenvalue weighted by Gasteiger charge is -2.35. The van der Waals surface area contributed by atoms with E-state index in [4.69, 9.17) is 11.5 Å². The van der Waals surface area contributed by atoms with Gasteiger partial charge in [0.15, 0.2) is 0 Å². The van der Waals surface area contributed by atoms with Crippen LogP contribution in [0.4, 0.5) is 11.4 Å². The van der Waals surface area contributed by atoms with Crippen molar-refractivity contribution in [2.24, 2.45) is 0 Å². The van der Waals surface area contributed by atoms with Gasteiger partial charge < -0.3 is 11.5 Å². The highest BCUT2D eigenvalue weighted by molar-refractivity contribution is 5.66. The fourth-order valence-corrected chi connectivity index (χ4v) is 4.58. The molecule has 0 unspecified atom stereocenters. The number of anilines is 2. The number of rotatable bonds is 4. The Morgan fingerprint density at radius 3 is 1.50 bits per heavy atom. The van der Waals surface area contributed by atoms with E-state index in [9.17, 15) is 0 Å². The lowest BCUT2D eigenvalue weighted by Crippen LogP contribution is -2.27. The van der Waals surface area contributed by atoms with Gasteiger partial charge in [-0.1, -0.05) is 66.7 Å². The van der Waals surface area contributed by atoms with Gasteiger partial charge in [-0.25, -0.2) is 0 Å². The molecule has 2 nitrogen and oxygen atoms in total.